The van der Waals surface area contributed by atoms with Crippen molar-refractivity contribution in [3.05, 3.63) is 83.9 Å². The highest BCUT2D eigenvalue weighted by Gasteiger charge is 2.35. The van der Waals surface area contributed by atoms with E-state index in [0.717, 1.165) is 0 Å². The molecular weight excluding hydrogens is 915 g/mol. The van der Waals surface area contributed by atoms with Gasteiger partial charge in [-0.2, -0.15) is 12.6 Å². The van der Waals surface area contributed by atoms with E-state index < -0.39 is 108 Å². The van der Waals surface area contributed by atoms with Crippen molar-refractivity contribution in [3.8, 4) is 5.75 Å². The molecule has 8 amide bonds. The highest BCUT2D eigenvalue weighted by molar-refractivity contribution is 7.80. The van der Waals surface area contributed by atoms with Crippen LogP contribution in [0.3, 0.4) is 0 Å². The first-order valence-corrected chi connectivity index (χ1v) is 23.0. The number of H-pyrrole nitrogens is 1. The smallest absolute Gasteiger partial charge is 0.329 e. The van der Waals surface area contributed by atoms with Crippen molar-refractivity contribution in [1.29, 1.82) is 0 Å². The number of carbonyl (C=O) groups is 9. The second-order valence-electron chi connectivity index (χ2n) is 17.3. The average Bonchev–Trinajstić information content (AvgIpc) is 3.81. The Morgan fingerprint density at radius 1 is 0.681 bits per heavy atom. The second kappa shape index (κ2) is 27.7. The molecule has 23 heteroatoms. The molecule has 3 rings (SSSR count). The summed E-state index contributed by atoms with van der Waals surface area (Å²) in [6.45, 7) is 8.24. The maximum Gasteiger partial charge on any atom is 0.329 e. The molecule has 0 fully saturated rings. The second-order valence-corrected chi connectivity index (χ2v) is 17.7. The van der Waals surface area contributed by atoms with E-state index in [1.807, 2.05) is 13.8 Å². The van der Waals surface area contributed by atoms with Crippen LogP contribution in [-0.2, 0) is 67.2 Å². The van der Waals surface area contributed by atoms with Gasteiger partial charge in [0.15, 0.2) is 6.10 Å². The molecule has 0 saturated heterocycles. The fourth-order valence-corrected chi connectivity index (χ4v) is 7.05. The number of hydrogen-bond donors (Lipinski definition) is 12. The van der Waals surface area contributed by atoms with Gasteiger partial charge in [0.1, 0.15) is 42.0 Å². The summed E-state index contributed by atoms with van der Waals surface area (Å²) in [4.78, 5) is 126. The van der Waals surface area contributed by atoms with E-state index in [0.29, 0.717) is 16.8 Å². The number of thiol groups is 1. The third-order valence-electron chi connectivity index (χ3n) is 10.6. The Bertz CT molecular complexity index is 2210. The molecule has 1 aromatic heterocycles. The summed E-state index contributed by atoms with van der Waals surface area (Å²) in [5.74, 6) is -8.33. The molecule has 3 aromatic rings. The molecule has 8 atom stereocenters. The number of aromatic nitrogens is 2. The van der Waals surface area contributed by atoms with Gasteiger partial charge >= 0.3 is 5.97 Å². The van der Waals surface area contributed by atoms with E-state index in [4.69, 9.17) is 21.9 Å². The Balaban J connectivity index is 1.86. The third kappa shape index (κ3) is 19.3. The highest BCUT2D eigenvalue weighted by atomic mass is 32.1. The highest BCUT2D eigenvalue weighted by Crippen LogP contribution is 2.14. The van der Waals surface area contributed by atoms with Crippen molar-refractivity contribution in [1.82, 2.24) is 41.9 Å². The van der Waals surface area contributed by atoms with Gasteiger partial charge in [-0.1, -0.05) is 70.2 Å². The monoisotopic (exact) mass is 979 g/mol. The van der Waals surface area contributed by atoms with Crippen LogP contribution in [0, 0.1) is 11.8 Å². The standard InChI is InChI=1S/C46H65N11O11S/c1-24(2)17-33(42(63)52-26(5)46(67)68-36(22-69)39(49)60)54-43(64)34(19-27-9-7-6-8-10-27)56-45(66)38(25(3)4)57-44(65)35(20-29-21-50-23-51-29)55-41(62)32(15-16-37(48)59)53-40(61)31(47)18-28-11-13-30(58)14-12-28/h6-14,21,23-26,31-36,38,58,69H,15-20,22,47H2,1-5H3,(H2,48,59)(H2,49,60)(H,50,51)(H,52,63)(H,53,61)(H,54,64)(H,55,62)(H,56,66)(H,57,65)/t26-,31-,32-,33-,34-,35-,36?,38-/m0/s1. The number of primary amides is 2. The van der Waals surface area contributed by atoms with Crippen LogP contribution in [0.2, 0.25) is 0 Å². The van der Waals surface area contributed by atoms with Crippen molar-refractivity contribution in [2.75, 3.05) is 5.75 Å². The number of aromatic hydroxyl groups is 1. The number of aromatic amines is 1. The number of nitrogens with one attached hydrogen (secondary N) is 7. The number of nitrogens with two attached hydrogens (primary N) is 3. The number of esters is 1. The van der Waals surface area contributed by atoms with Crippen molar-refractivity contribution in [3.63, 3.8) is 0 Å². The minimum Gasteiger partial charge on any atom is -0.508 e. The maximum absolute atomic E-state index is 14.3. The van der Waals surface area contributed by atoms with Crippen molar-refractivity contribution in [2.45, 2.75) is 122 Å². The van der Waals surface area contributed by atoms with Gasteiger partial charge in [0.2, 0.25) is 41.4 Å². The molecule has 0 spiro atoms. The van der Waals surface area contributed by atoms with Crippen LogP contribution in [0.1, 0.15) is 70.7 Å². The molecule has 0 bridgehead atoms. The number of imidazole rings is 1. The van der Waals surface area contributed by atoms with Crippen LogP contribution in [-0.4, -0.2) is 122 Å². The number of nitrogens with zero attached hydrogens (tertiary/aromatic N) is 1. The normalized spacial score (nSPS) is 14.6. The SMILES string of the molecule is CC(C)C[C@H](NC(=O)[C@H](Cc1ccccc1)NC(=O)[C@@H](NC(=O)[C@H](Cc1cnc[nH]1)NC(=O)[C@H](CCC(N)=O)NC(=O)[C@@H](N)Cc1ccc(O)cc1)C(C)C)C(=O)N[C@@H](C)C(=O)OC(CS)C(N)=O. The van der Waals surface area contributed by atoms with E-state index in [9.17, 15) is 48.3 Å². The van der Waals surface area contributed by atoms with Crippen LogP contribution < -0.4 is 49.1 Å². The predicted octanol–water partition coefficient (Wildman–Crippen LogP) is -1.31. The fourth-order valence-electron chi connectivity index (χ4n) is 6.80. The molecule has 0 radical (unpaired) electrons. The van der Waals surface area contributed by atoms with Crippen LogP contribution in [0.15, 0.2) is 67.1 Å². The number of phenolic OH excluding ortho intramolecular Hbond substituents is 1. The summed E-state index contributed by atoms with van der Waals surface area (Å²) in [5, 5.41) is 25.4. The van der Waals surface area contributed by atoms with Crippen LogP contribution >= 0.6 is 12.6 Å². The first-order chi connectivity index (χ1) is 32.6. The molecule has 0 aliphatic rings. The topological polar surface area (TPSA) is 362 Å². The number of ether oxygens (including phenoxy) is 1. The van der Waals surface area contributed by atoms with E-state index in [1.165, 1.54) is 31.6 Å². The summed E-state index contributed by atoms with van der Waals surface area (Å²) in [6, 6.07) is 5.67. The van der Waals surface area contributed by atoms with Gasteiger partial charge in [-0.3, -0.25) is 38.4 Å². The minimum absolute atomic E-state index is 0.0153. The Hall–Kier alpha value is -7.01. The molecule has 69 heavy (non-hydrogen) atoms. The zero-order chi connectivity index (χ0) is 51.4. The molecule has 1 unspecified atom stereocenters. The zero-order valence-electron chi connectivity index (χ0n) is 39.2. The Kier molecular flexibility index (Phi) is 22.6. The number of benzene rings is 2. The lowest BCUT2D eigenvalue weighted by atomic mass is 9.99. The van der Waals surface area contributed by atoms with E-state index in [1.54, 1.807) is 56.3 Å². The Morgan fingerprint density at radius 2 is 1.23 bits per heavy atom. The fraction of sp³-hybridized carbons (Fsp3) is 0.478. The van der Waals surface area contributed by atoms with Crippen molar-refractivity contribution < 1.29 is 53.0 Å². The molecule has 1 heterocycles. The van der Waals surface area contributed by atoms with Crippen LogP contribution in [0.5, 0.6) is 5.75 Å². The largest absolute Gasteiger partial charge is 0.508 e. The van der Waals surface area contributed by atoms with E-state index in [-0.39, 0.29) is 55.9 Å². The Morgan fingerprint density at radius 3 is 1.80 bits per heavy atom. The van der Waals surface area contributed by atoms with Gasteiger partial charge < -0.3 is 63.9 Å². The van der Waals surface area contributed by atoms with Crippen molar-refractivity contribution >= 4 is 65.9 Å². The van der Waals surface area contributed by atoms with Gasteiger partial charge in [0.05, 0.1) is 12.4 Å². The number of amides is 8. The molecule has 0 saturated carbocycles. The van der Waals surface area contributed by atoms with Gasteiger partial charge in [-0.15, -0.1) is 0 Å². The summed E-state index contributed by atoms with van der Waals surface area (Å²) < 4.78 is 5.08. The lowest BCUT2D eigenvalue weighted by Crippen LogP contribution is -2.61. The average molecular weight is 980 g/mol. The third-order valence-corrected chi connectivity index (χ3v) is 10.9. The number of hydrogen-bond acceptors (Lipinski definition) is 14. The summed E-state index contributed by atoms with van der Waals surface area (Å²) in [7, 11) is 0. The minimum atomic E-state index is -1.40. The van der Waals surface area contributed by atoms with E-state index >= 15 is 0 Å². The summed E-state index contributed by atoms with van der Waals surface area (Å²) in [6.07, 6.45) is 0.796. The number of carbonyl (C=O) groups excluding carboxylic acids is 9. The summed E-state index contributed by atoms with van der Waals surface area (Å²) >= 11 is 3.96. The van der Waals surface area contributed by atoms with Crippen LogP contribution in [0.4, 0.5) is 0 Å². The van der Waals surface area contributed by atoms with Gasteiger partial charge in [0.25, 0.3) is 5.91 Å². The molecule has 2 aromatic carbocycles. The quantitative estimate of drug-likeness (QED) is 0.0298. The Labute approximate surface area is 405 Å². The summed E-state index contributed by atoms with van der Waals surface area (Å²) in [5.41, 5.74) is 18.5. The first kappa shape index (κ1) is 56.3. The lowest BCUT2D eigenvalue weighted by molar-refractivity contribution is -0.156. The van der Waals surface area contributed by atoms with Gasteiger partial charge in [-0.25, -0.2) is 9.78 Å². The molecule has 14 N–H and O–H groups in total. The predicted molar refractivity (Wildman–Crippen MR) is 255 cm³/mol. The molecule has 0 aliphatic heterocycles. The molecular formula is C46H65N11O11S. The lowest BCUT2D eigenvalue weighted by Gasteiger charge is -2.29. The molecule has 22 nitrogen and oxygen atoms in total. The van der Waals surface area contributed by atoms with Gasteiger partial charge in [-0.05, 0) is 61.3 Å². The van der Waals surface area contributed by atoms with Crippen molar-refractivity contribution in [2.24, 2.45) is 29.0 Å². The first-order valence-electron chi connectivity index (χ1n) is 22.3. The zero-order valence-corrected chi connectivity index (χ0v) is 40.1. The van der Waals surface area contributed by atoms with Crippen LogP contribution in [0.25, 0.3) is 0 Å². The van der Waals surface area contributed by atoms with Gasteiger partial charge in [0, 0.05) is 36.9 Å². The number of phenols is 1. The molecule has 376 valence electrons. The molecule has 0 aliphatic carbocycles. The number of rotatable bonds is 28. The maximum atomic E-state index is 14.3. The van der Waals surface area contributed by atoms with E-state index in [2.05, 4.69) is 54.5 Å².